The van der Waals surface area contributed by atoms with Crippen LogP contribution in [0.1, 0.15) is 31.9 Å². The molecule has 2 nitrogen and oxygen atoms in total. The second kappa shape index (κ2) is 7.66. The minimum absolute atomic E-state index is 0.0810. The van der Waals surface area contributed by atoms with E-state index < -0.39 is 0 Å². The quantitative estimate of drug-likeness (QED) is 0.729. The molecule has 1 aliphatic carbocycles. The first-order valence-electron chi connectivity index (χ1n) is 6.55. The molecule has 1 unspecified atom stereocenters. The SMILES string of the molecule is CC.CCn1cc(C#N)c(C2=CC=CC(Cl)C=C2)c1. The molecule has 3 heteroatoms. The number of nitriles is 1. The molecule has 1 aliphatic rings. The molecule has 0 saturated heterocycles. The number of aromatic nitrogens is 1. The minimum Gasteiger partial charge on any atom is -0.353 e. The third-order valence-electron chi connectivity index (χ3n) is 2.71. The first kappa shape index (κ1) is 15.3. The van der Waals surface area contributed by atoms with Gasteiger partial charge in [-0.25, -0.2) is 0 Å². The maximum Gasteiger partial charge on any atom is 0.101 e. The average Bonchev–Trinajstić information content (AvgIpc) is 2.76. The lowest BCUT2D eigenvalue weighted by molar-refractivity contribution is 0.768. The van der Waals surface area contributed by atoms with Gasteiger partial charge in [-0.1, -0.05) is 44.2 Å². The van der Waals surface area contributed by atoms with Crippen molar-refractivity contribution in [3.63, 3.8) is 0 Å². The minimum atomic E-state index is -0.0810. The number of hydrogen-bond acceptors (Lipinski definition) is 1. The number of halogens is 1. The van der Waals surface area contributed by atoms with E-state index in [0.717, 1.165) is 17.7 Å². The molecule has 0 spiro atoms. The zero-order valence-electron chi connectivity index (χ0n) is 11.6. The van der Waals surface area contributed by atoms with Crippen LogP contribution in [0.25, 0.3) is 5.57 Å². The van der Waals surface area contributed by atoms with Gasteiger partial charge in [0.25, 0.3) is 0 Å². The molecule has 0 fully saturated rings. The summed E-state index contributed by atoms with van der Waals surface area (Å²) in [6.45, 7) is 6.91. The van der Waals surface area contributed by atoms with Crippen LogP contribution in [-0.4, -0.2) is 9.94 Å². The molecule has 2 rings (SSSR count). The van der Waals surface area contributed by atoms with Crippen molar-refractivity contribution >= 4 is 17.2 Å². The van der Waals surface area contributed by atoms with Gasteiger partial charge >= 0.3 is 0 Å². The largest absolute Gasteiger partial charge is 0.353 e. The van der Waals surface area contributed by atoms with Crippen LogP contribution < -0.4 is 0 Å². The smallest absolute Gasteiger partial charge is 0.101 e. The summed E-state index contributed by atoms with van der Waals surface area (Å²) in [7, 11) is 0. The summed E-state index contributed by atoms with van der Waals surface area (Å²) in [5, 5.41) is 9.04. The summed E-state index contributed by atoms with van der Waals surface area (Å²) < 4.78 is 2.01. The number of rotatable bonds is 2. The van der Waals surface area contributed by atoms with Gasteiger partial charge in [0.15, 0.2) is 0 Å². The fourth-order valence-corrected chi connectivity index (χ4v) is 1.93. The zero-order valence-corrected chi connectivity index (χ0v) is 12.4. The van der Waals surface area contributed by atoms with Gasteiger partial charge in [0.05, 0.1) is 10.9 Å². The van der Waals surface area contributed by atoms with Crippen molar-refractivity contribution in [2.45, 2.75) is 32.7 Å². The van der Waals surface area contributed by atoms with Crippen LogP contribution in [0.2, 0.25) is 0 Å². The molecule has 0 N–H and O–H groups in total. The van der Waals surface area contributed by atoms with Gasteiger partial charge in [-0.2, -0.15) is 5.26 Å². The van der Waals surface area contributed by atoms with Crippen LogP contribution in [0.15, 0.2) is 42.8 Å². The van der Waals surface area contributed by atoms with Crippen LogP contribution in [0.4, 0.5) is 0 Å². The Morgan fingerprint density at radius 1 is 1.32 bits per heavy atom. The highest BCUT2D eigenvalue weighted by Gasteiger charge is 2.09. The number of hydrogen-bond donors (Lipinski definition) is 0. The van der Waals surface area contributed by atoms with Crippen LogP contribution in [0.3, 0.4) is 0 Å². The molecule has 1 heterocycles. The Morgan fingerprint density at radius 2 is 2.05 bits per heavy atom. The molecule has 1 atom stereocenters. The molecule has 1 aromatic heterocycles. The third kappa shape index (κ3) is 3.87. The fraction of sp³-hybridized carbons (Fsp3) is 0.312. The summed E-state index contributed by atoms with van der Waals surface area (Å²) in [5.41, 5.74) is 2.68. The van der Waals surface area contributed by atoms with E-state index in [4.69, 9.17) is 16.9 Å². The van der Waals surface area contributed by atoms with Crippen LogP contribution in [0, 0.1) is 11.3 Å². The van der Waals surface area contributed by atoms with Gasteiger partial charge in [0.2, 0.25) is 0 Å². The standard InChI is InChI=1S/C14H13ClN2.C2H6/c1-2-17-9-12(8-16)14(10-17)11-4-3-5-13(15)7-6-11;1-2/h3-7,9-10,13H,2H2,1H3;1-2H3. The highest BCUT2D eigenvalue weighted by atomic mass is 35.5. The maximum atomic E-state index is 9.12. The van der Waals surface area contributed by atoms with Crippen LogP contribution in [0.5, 0.6) is 0 Å². The van der Waals surface area contributed by atoms with Crippen molar-refractivity contribution in [1.29, 1.82) is 5.26 Å². The molecule has 0 aliphatic heterocycles. The zero-order chi connectivity index (χ0) is 14.3. The lowest BCUT2D eigenvalue weighted by Crippen LogP contribution is -1.87. The molecule has 19 heavy (non-hydrogen) atoms. The Kier molecular flexibility index (Phi) is 6.18. The highest BCUT2D eigenvalue weighted by molar-refractivity contribution is 6.23. The van der Waals surface area contributed by atoms with Crippen molar-refractivity contribution < 1.29 is 0 Å². The van der Waals surface area contributed by atoms with Gasteiger partial charge in [0.1, 0.15) is 6.07 Å². The van der Waals surface area contributed by atoms with Crippen molar-refractivity contribution in [2.75, 3.05) is 0 Å². The van der Waals surface area contributed by atoms with Crippen molar-refractivity contribution in [2.24, 2.45) is 0 Å². The van der Waals surface area contributed by atoms with Crippen molar-refractivity contribution in [3.8, 4) is 6.07 Å². The summed E-state index contributed by atoms with van der Waals surface area (Å²) in [4.78, 5) is 0. The predicted molar refractivity (Wildman–Crippen MR) is 82.1 cm³/mol. The molecule has 1 aromatic rings. The van der Waals surface area contributed by atoms with E-state index in [-0.39, 0.29) is 5.38 Å². The summed E-state index contributed by atoms with van der Waals surface area (Å²) >= 11 is 6.00. The molecule has 0 saturated carbocycles. The first-order chi connectivity index (χ1) is 9.24. The van der Waals surface area contributed by atoms with Gasteiger partial charge in [-0.05, 0) is 12.5 Å². The van der Waals surface area contributed by atoms with E-state index >= 15 is 0 Å². The lowest BCUT2D eigenvalue weighted by Gasteiger charge is -1.98. The summed E-state index contributed by atoms with van der Waals surface area (Å²) in [5.74, 6) is 0. The average molecular weight is 275 g/mol. The second-order valence-corrected chi connectivity index (χ2v) is 4.34. The second-order valence-electron chi connectivity index (χ2n) is 3.84. The number of allylic oxidation sites excluding steroid dienone is 6. The topological polar surface area (TPSA) is 28.7 Å². The maximum absolute atomic E-state index is 9.12. The van der Waals surface area contributed by atoms with Crippen LogP contribution >= 0.6 is 11.6 Å². The Hall–Kier alpha value is -1.72. The summed E-state index contributed by atoms with van der Waals surface area (Å²) in [6, 6.07) is 2.23. The van der Waals surface area contributed by atoms with E-state index in [1.54, 1.807) is 0 Å². The fourth-order valence-electron chi connectivity index (χ4n) is 1.77. The first-order valence-corrected chi connectivity index (χ1v) is 6.99. The Labute approximate surface area is 120 Å². The van der Waals surface area contributed by atoms with E-state index in [1.165, 1.54) is 0 Å². The third-order valence-corrected chi connectivity index (χ3v) is 3.00. The van der Waals surface area contributed by atoms with E-state index in [0.29, 0.717) is 5.56 Å². The molecule has 0 aromatic carbocycles. The Bertz CT molecular complexity index is 542. The monoisotopic (exact) mass is 274 g/mol. The van der Waals surface area contributed by atoms with Gasteiger partial charge < -0.3 is 4.57 Å². The Morgan fingerprint density at radius 3 is 2.68 bits per heavy atom. The molecule has 0 amide bonds. The molecular weight excluding hydrogens is 256 g/mol. The van der Waals surface area contributed by atoms with Gasteiger partial charge in [0, 0.05) is 24.5 Å². The normalized spacial score (nSPS) is 17.0. The van der Waals surface area contributed by atoms with E-state index in [1.807, 2.05) is 61.2 Å². The van der Waals surface area contributed by atoms with E-state index in [9.17, 15) is 0 Å². The lowest BCUT2D eigenvalue weighted by atomic mass is 10.1. The predicted octanol–water partition coefficient (Wildman–Crippen LogP) is 4.52. The molecule has 100 valence electrons. The number of alkyl halides is 1. The highest BCUT2D eigenvalue weighted by Crippen LogP contribution is 2.23. The number of nitrogens with zero attached hydrogens (tertiary/aromatic N) is 2. The van der Waals surface area contributed by atoms with Crippen LogP contribution in [-0.2, 0) is 6.54 Å². The summed E-state index contributed by atoms with van der Waals surface area (Å²) in [6.07, 6.45) is 13.6. The van der Waals surface area contributed by atoms with E-state index in [2.05, 4.69) is 13.0 Å². The van der Waals surface area contributed by atoms with Gasteiger partial charge in [-0.15, -0.1) is 11.6 Å². The van der Waals surface area contributed by atoms with Crippen molar-refractivity contribution in [3.05, 3.63) is 53.9 Å². The molecular formula is C16H19ClN2. The molecule has 0 bridgehead atoms. The number of aryl methyl sites for hydroxylation is 1. The van der Waals surface area contributed by atoms with Gasteiger partial charge in [-0.3, -0.25) is 0 Å². The Balaban J connectivity index is 0.000000861. The van der Waals surface area contributed by atoms with Crippen molar-refractivity contribution in [1.82, 2.24) is 4.57 Å². The molecule has 0 radical (unpaired) electrons.